The van der Waals surface area contributed by atoms with E-state index in [9.17, 15) is 0 Å². The summed E-state index contributed by atoms with van der Waals surface area (Å²) >= 11 is 11.7. The van der Waals surface area contributed by atoms with Crippen LogP contribution in [0.1, 0.15) is 0 Å². The molecule has 0 fully saturated rings. The molecule has 0 atom stereocenters. The SMILES string of the molecule is CN(CCN)CCOc1cc(Cl)cc(Cl)c1. The van der Waals surface area contributed by atoms with E-state index in [-0.39, 0.29) is 0 Å². The summed E-state index contributed by atoms with van der Waals surface area (Å²) in [5, 5.41) is 1.16. The van der Waals surface area contributed by atoms with Gasteiger partial charge in [0.1, 0.15) is 12.4 Å². The summed E-state index contributed by atoms with van der Waals surface area (Å²) in [5.41, 5.74) is 5.43. The smallest absolute Gasteiger partial charge is 0.122 e. The maximum Gasteiger partial charge on any atom is 0.122 e. The zero-order valence-corrected chi connectivity index (χ0v) is 10.8. The number of nitrogens with two attached hydrogens (primary N) is 1. The van der Waals surface area contributed by atoms with E-state index < -0.39 is 0 Å². The molecule has 0 bridgehead atoms. The topological polar surface area (TPSA) is 38.5 Å². The van der Waals surface area contributed by atoms with Crippen molar-refractivity contribution in [3.05, 3.63) is 28.2 Å². The lowest BCUT2D eigenvalue weighted by molar-refractivity contribution is 0.241. The molecule has 1 aromatic rings. The predicted molar refractivity (Wildman–Crippen MR) is 68.5 cm³/mol. The van der Waals surface area contributed by atoms with E-state index in [1.807, 2.05) is 7.05 Å². The molecule has 1 aromatic carbocycles. The molecule has 5 heteroatoms. The second kappa shape index (κ2) is 6.97. The minimum Gasteiger partial charge on any atom is -0.492 e. The molecule has 0 saturated carbocycles. The lowest BCUT2D eigenvalue weighted by Gasteiger charge is -2.15. The van der Waals surface area contributed by atoms with Crippen LogP contribution >= 0.6 is 23.2 Å². The molecule has 16 heavy (non-hydrogen) atoms. The summed E-state index contributed by atoms with van der Waals surface area (Å²) in [5.74, 6) is 0.693. The lowest BCUT2D eigenvalue weighted by atomic mass is 10.3. The van der Waals surface area contributed by atoms with Gasteiger partial charge in [0.15, 0.2) is 0 Å². The molecule has 0 radical (unpaired) electrons. The molecule has 0 heterocycles. The largest absolute Gasteiger partial charge is 0.492 e. The van der Waals surface area contributed by atoms with Gasteiger partial charge in [-0.25, -0.2) is 0 Å². The van der Waals surface area contributed by atoms with Crippen molar-refractivity contribution in [1.82, 2.24) is 4.90 Å². The Morgan fingerprint density at radius 1 is 1.19 bits per heavy atom. The van der Waals surface area contributed by atoms with E-state index in [4.69, 9.17) is 33.7 Å². The number of halogens is 2. The minimum atomic E-state index is 0.581. The Balaban J connectivity index is 2.37. The molecule has 2 N–H and O–H groups in total. The van der Waals surface area contributed by atoms with Gasteiger partial charge in [-0.05, 0) is 25.2 Å². The van der Waals surface area contributed by atoms with Gasteiger partial charge < -0.3 is 15.4 Å². The molecular weight excluding hydrogens is 247 g/mol. The molecule has 0 aromatic heterocycles. The summed E-state index contributed by atoms with van der Waals surface area (Å²) in [6, 6.07) is 5.17. The van der Waals surface area contributed by atoms with Crippen molar-refractivity contribution in [2.45, 2.75) is 0 Å². The Morgan fingerprint density at radius 3 is 2.38 bits per heavy atom. The molecule has 0 aliphatic heterocycles. The zero-order valence-electron chi connectivity index (χ0n) is 9.25. The van der Waals surface area contributed by atoms with Gasteiger partial charge in [-0.1, -0.05) is 23.2 Å². The standard InChI is InChI=1S/C11H16Cl2N2O/c1-15(3-2-14)4-5-16-11-7-9(12)6-10(13)8-11/h6-8H,2-5,14H2,1H3. The first-order valence-electron chi connectivity index (χ1n) is 5.09. The van der Waals surface area contributed by atoms with Gasteiger partial charge >= 0.3 is 0 Å². The molecule has 3 nitrogen and oxygen atoms in total. The van der Waals surface area contributed by atoms with Crippen LogP contribution in [0.15, 0.2) is 18.2 Å². The van der Waals surface area contributed by atoms with Crippen molar-refractivity contribution in [1.29, 1.82) is 0 Å². The molecule has 0 unspecified atom stereocenters. The van der Waals surface area contributed by atoms with Crippen molar-refractivity contribution in [2.24, 2.45) is 5.73 Å². The maximum absolute atomic E-state index is 5.85. The van der Waals surface area contributed by atoms with Crippen molar-refractivity contribution in [3.8, 4) is 5.75 Å². The highest BCUT2D eigenvalue weighted by Gasteiger charge is 2.00. The third-order valence-corrected chi connectivity index (χ3v) is 2.53. The highest BCUT2D eigenvalue weighted by molar-refractivity contribution is 6.34. The van der Waals surface area contributed by atoms with Crippen molar-refractivity contribution < 1.29 is 4.74 Å². The number of nitrogens with zero attached hydrogens (tertiary/aromatic N) is 1. The number of rotatable bonds is 6. The summed E-state index contributed by atoms with van der Waals surface area (Å²) in [7, 11) is 2.00. The van der Waals surface area contributed by atoms with Crippen molar-refractivity contribution >= 4 is 23.2 Å². The molecular formula is C11H16Cl2N2O. The third-order valence-electron chi connectivity index (χ3n) is 2.09. The van der Waals surface area contributed by atoms with Crippen LogP contribution < -0.4 is 10.5 Å². The molecule has 0 amide bonds. The Morgan fingerprint density at radius 2 is 1.81 bits per heavy atom. The summed E-state index contributed by atoms with van der Waals surface area (Å²) in [6.45, 7) is 2.92. The highest BCUT2D eigenvalue weighted by Crippen LogP contribution is 2.23. The fourth-order valence-electron chi connectivity index (χ4n) is 1.26. The van der Waals surface area contributed by atoms with E-state index in [0.717, 1.165) is 13.1 Å². The van der Waals surface area contributed by atoms with Gasteiger partial charge in [0.05, 0.1) is 0 Å². The third kappa shape index (κ3) is 5.03. The van der Waals surface area contributed by atoms with Crippen molar-refractivity contribution in [2.75, 3.05) is 33.3 Å². The number of benzene rings is 1. The Kier molecular flexibility index (Phi) is 5.91. The highest BCUT2D eigenvalue weighted by atomic mass is 35.5. The monoisotopic (exact) mass is 262 g/mol. The number of ether oxygens (including phenoxy) is 1. The molecule has 1 rings (SSSR count). The van der Waals surface area contributed by atoms with Crippen LogP contribution in [0, 0.1) is 0 Å². The fraction of sp³-hybridized carbons (Fsp3) is 0.455. The van der Waals surface area contributed by atoms with Crippen LogP contribution in [0.25, 0.3) is 0 Å². The van der Waals surface area contributed by atoms with Crippen LogP contribution in [0.4, 0.5) is 0 Å². The normalized spacial score (nSPS) is 10.8. The first-order valence-corrected chi connectivity index (χ1v) is 5.85. The Labute approximate surface area is 106 Å². The van der Waals surface area contributed by atoms with E-state index in [0.29, 0.717) is 28.9 Å². The molecule has 90 valence electrons. The number of likely N-dealkylation sites (N-methyl/N-ethyl adjacent to an activating group) is 1. The van der Waals surface area contributed by atoms with E-state index in [1.165, 1.54) is 0 Å². The van der Waals surface area contributed by atoms with Crippen LogP contribution in [0.3, 0.4) is 0 Å². The second-order valence-corrected chi connectivity index (χ2v) is 4.42. The summed E-state index contributed by atoms with van der Waals surface area (Å²) < 4.78 is 5.53. The molecule has 0 spiro atoms. The quantitative estimate of drug-likeness (QED) is 0.855. The minimum absolute atomic E-state index is 0.581. The maximum atomic E-state index is 5.85. The van der Waals surface area contributed by atoms with Gasteiger partial charge in [0.25, 0.3) is 0 Å². The van der Waals surface area contributed by atoms with Crippen molar-refractivity contribution in [3.63, 3.8) is 0 Å². The van der Waals surface area contributed by atoms with Gasteiger partial charge in [-0.2, -0.15) is 0 Å². The molecule has 0 aliphatic carbocycles. The van der Waals surface area contributed by atoms with Gasteiger partial charge in [0, 0.05) is 29.7 Å². The van der Waals surface area contributed by atoms with E-state index in [2.05, 4.69) is 4.90 Å². The molecule has 0 aliphatic rings. The fourth-order valence-corrected chi connectivity index (χ4v) is 1.77. The van der Waals surface area contributed by atoms with Gasteiger partial charge in [-0.3, -0.25) is 0 Å². The van der Waals surface area contributed by atoms with Gasteiger partial charge in [-0.15, -0.1) is 0 Å². The van der Waals surface area contributed by atoms with Crippen LogP contribution in [0.5, 0.6) is 5.75 Å². The molecule has 0 saturated heterocycles. The number of hydrogen-bond acceptors (Lipinski definition) is 3. The summed E-state index contributed by atoms with van der Waals surface area (Å²) in [6.07, 6.45) is 0. The predicted octanol–water partition coefficient (Wildman–Crippen LogP) is 2.26. The van der Waals surface area contributed by atoms with Crippen LogP contribution in [-0.4, -0.2) is 38.2 Å². The Hall–Kier alpha value is -0.480. The van der Waals surface area contributed by atoms with E-state index >= 15 is 0 Å². The van der Waals surface area contributed by atoms with E-state index in [1.54, 1.807) is 18.2 Å². The first-order chi connectivity index (χ1) is 7.61. The lowest BCUT2D eigenvalue weighted by Crippen LogP contribution is -2.29. The average molecular weight is 263 g/mol. The van der Waals surface area contributed by atoms with Crippen LogP contribution in [-0.2, 0) is 0 Å². The zero-order chi connectivity index (χ0) is 12.0. The van der Waals surface area contributed by atoms with Crippen LogP contribution in [0.2, 0.25) is 10.0 Å². The summed E-state index contributed by atoms with van der Waals surface area (Å²) in [4.78, 5) is 2.10. The van der Waals surface area contributed by atoms with Gasteiger partial charge in [0.2, 0.25) is 0 Å². The second-order valence-electron chi connectivity index (χ2n) is 3.55. The first kappa shape index (κ1) is 13.6. The Bertz CT molecular complexity index is 314. The number of hydrogen-bond donors (Lipinski definition) is 1. The average Bonchev–Trinajstić information content (AvgIpc) is 2.16.